The molecular weight excluding hydrogens is 482 g/mol. The van der Waals surface area contributed by atoms with Gasteiger partial charge in [0.05, 0.1) is 16.1 Å². The minimum Gasteiger partial charge on any atom is -0.383 e. The lowest BCUT2D eigenvalue weighted by Gasteiger charge is -2.35. The number of fused-ring (bicyclic) bond motifs is 1. The number of methoxy groups -OCH3 is 1. The quantitative estimate of drug-likeness (QED) is 0.546. The van der Waals surface area contributed by atoms with Gasteiger partial charge in [-0.3, -0.25) is 14.4 Å². The standard InChI is InChI=1S/C26H33N3O6S/c1-18-5-7-19(8-6-18)15-27-22(30)20-9-10-21-24(32)28(13-14-29(21)23(20)31)16-26(11-12-26)36(33,34)25(2,3)17-35-4/h5-10H,11-17H2,1-4H3,(H,27,30). The molecule has 0 spiro atoms. The van der Waals surface area contributed by atoms with Gasteiger partial charge in [0, 0.05) is 33.3 Å². The Morgan fingerprint density at radius 3 is 2.36 bits per heavy atom. The number of nitrogens with one attached hydrogen (secondary N) is 1. The van der Waals surface area contributed by atoms with Crippen LogP contribution in [0.5, 0.6) is 0 Å². The maximum atomic E-state index is 13.4. The lowest BCUT2D eigenvalue weighted by molar-refractivity contribution is 0.0694. The zero-order chi connectivity index (χ0) is 26.3. The molecule has 1 aromatic heterocycles. The van der Waals surface area contributed by atoms with Crippen LogP contribution in [0.3, 0.4) is 0 Å². The van der Waals surface area contributed by atoms with Crippen LogP contribution in [0.4, 0.5) is 0 Å². The molecule has 10 heteroatoms. The molecule has 2 aliphatic rings. The summed E-state index contributed by atoms with van der Waals surface area (Å²) in [6.07, 6.45) is 0.971. The molecule has 0 saturated heterocycles. The zero-order valence-corrected chi connectivity index (χ0v) is 22.0. The monoisotopic (exact) mass is 515 g/mol. The molecule has 1 saturated carbocycles. The summed E-state index contributed by atoms with van der Waals surface area (Å²) in [7, 11) is -2.12. The number of hydrogen-bond acceptors (Lipinski definition) is 6. The largest absolute Gasteiger partial charge is 0.383 e. The number of amides is 2. The second-order valence-electron chi connectivity index (χ2n) is 10.4. The van der Waals surface area contributed by atoms with Gasteiger partial charge in [0.1, 0.15) is 11.3 Å². The molecule has 9 nitrogen and oxygen atoms in total. The van der Waals surface area contributed by atoms with Gasteiger partial charge in [-0.1, -0.05) is 29.8 Å². The summed E-state index contributed by atoms with van der Waals surface area (Å²) in [5, 5.41) is 2.76. The Kier molecular flexibility index (Phi) is 6.87. The predicted molar refractivity (Wildman–Crippen MR) is 136 cm³/mol. The first-order valence-corrected chi connectivity index (χ1v) is 13.5. The normalized spacial score (nSPS) is 17.0. The molecule has 0 atom stereocenters. The average Bonchev–Trinajstić information content (AvgIpc) is 3.62. The summed E-state index contributed by atoms with van der Waals surface area (Å²) in [6, 6.07) is 10.5. The minimum absolute atomic E-state index is 0.0327. The van der Waals surface area contributed by atoms with Gasteiger partial charge < -0.3 is 19.5 Å². The molecule has 194 valence electrons. The predicted octanol–water partition coefficient (Wildman–Crippen LogP) is 1.91. The molecular formula is C26H33N3O6S. The molecule has 1 fully saturated rings. The molecule has 0 bridgehead atoms. The first-order chi connectivity index (χ1) is 16.9. The molecule has 0 radical (unpaired) electrons. The highest BCUT2D eigenvalue weighted by atomic mass is 32.2. The van der Waals surface area contributed by atoms with Crippen LogP contribution in [0.1, 0.15) is 58.7 Å². The highest BCUT2D eigenvalue weighted by molar-refractivity contribution is 7.94. The van der Waals surface area contributed by atoms with Gasteiger partial charge in [-0.2, -0.15) is 0 Å². The van der Waals surface area contributed by atoms with Crippen LogP contribution in [-0.4, -0.2) is 66.0 Å². The number of aromatic nitrogens is 1. The van der Waals surface area contributed by atoms with E-state index in [-0.39, 0.29) is 44.0 Å². The van der Waals surface area contributed by atoms with Crippen LogP contribution in [0, 0.1) is 6.92 Å². The van der Waals surface area contributed by atoms with Crippen molar-refractivity contribution in [3.05, 3.63) is 69.1 Å². The fraction of sp³-hybridized carbons (Fsp3) is 0.500. The van der Waals surface area contributed by atoms with Gasteiger partial charge in [0.2, 0.25) is 0 Å². The van der Waals surface area contributed by atoms with Crippen molar-refractivity contribution in [2.24, 2.45) is 0 Å². The first kappa shape index (κ1) is 26.1. The van der Waals surface area contributed by atoms with Crippen molar-refractivity contribution in [3.63, 3.8) is 0 Å². The van der Waals surface area contributed by atoms with Gasteiger partial charge in [0.25, 0.3) is 17.4 Å². The Bertz CT molecular complexity index is 1340. The number of ether oxygens (including phenoxy) is 1. The van der Waals surface area contributed by atoms with Crippen LogP contribution >= 0.6 is 0 Å². The third-order valence-corrected chi connectivity index (χ3v) is 10.4. The number of aryl methyl sites for hydroxylation is 1. The number of nitrogens with zero attached hydrogens (tertiary/aromatic N) is 2. The van der Waals surface area contributed by atoms with E-state index in [9.17, 15) is 22.8 Å². The number of hydrogen-bond donors (Lipinski definition) is 1. The third-order valence-electron chi connectivity index (χ3n) is 7.17. The van der Waals surface area contributed by atoms with E-state index in [2.05, 4.69) is 5.32 Å². The molecule has 36 heavy (non-hydrogen) atoms. The Balaban J connectivity index is 1.49. The maximum Gasteiger partial charge on any atom is 0.270 e. The average molecular weight is 516 g/mol. The highest BCUT2D eigenvalue weighted by Gasteiger charge is 2.60. The molecule has 1 aliphatic heterocycles. The van der Waals surface area contributed by atoms with E-state index in [0.29, 0.717) is 12.8 Å². The van der Waals surface area contributed by atoms with E-state index in [1.54, 1.807) is 13.8 Å². The Morgan fingerprint density at radius 1 is 1.08 bits per heavy atom. The smallest absolute Gasteiger partial charge is 0.270 e. The third kappa shape index (κ3) is 4.59. The van der Waals surface area contributed by atoms with E-state index < -0.39 is 36.7 Å². The molecule has 1 aliphatic carbocycles. The van der Waals surface area contributed by atoms with E-state index in [0.717, 1.165) is 11.1 Å². The maximum absolute atomic E-state index is 13.4. The van der Waals surface area contributed by atoms with Gasteiger partial charge in [-0.25, -0.2) is 8.42 Å². The van der Waals surface area contributed by atoms with Crippen molar-refractivity contribution in [1.82, 2.24) is 14.8 Å². The number of carbonyl (C=O) groups excluding carboxylic acids is 2. The summed E-state index contributed by atoms with van der Waals surface area (Å²) in [6.45, 7) is 6.08. The molecule has 0 unspecified atom stereocenters. The summed E-state index contributed by atoms with van der Waals surface area (Å²) in [5.74, 6) is -0.912. The fourth-order valence-electron chi connectivity index (χ4n) is 4.79. The van der Waals surface area contributed by atoms with Gasteiger partial charge >= 0.3 is 0 Å². The molecule has 1 aromatic carbocycles. The lowest BCUT2D eigenvalue weighted by atomic mass is 10.1. The minimum atomic E-state index is -3.59. The van der Waals surface area contributed by atoms with Crippen LogP contribution in [0.15, 0.2) is 41.2 Å². The van der Waals surface area contributed by atoms with Gasteiger partial charge in [-0.15, -0.1) is 0 Å². The zero-order valence-electron chi connectivity index (χ0n) is 21.2. The summed E-state index contributed by atoms with van der Waals surface area (Å²) in [5.41, 5.74) is 1.62. The van der Waals surface area contributed by atoms with E-state index >= 15 is 0 Å². The topological polar surface area (TPSA) is 115 Å². The van der Waals surface area contributed by atoms with Crippen molar-refractivity contribution < 1.29 is 22.7 Å². The summed E-state index contributed by atoms with van der Waals surface area (Å²) in [4.78, 5) is 40.5. The second-order valence-corrected chi connectivity index (χ2v) is 13.3. The number of rotatable bonds is 9. The number of benzene rings is 1. The van der Waals surface area contributed by atoms with Crippen LogP contribution in [0.2, 0.25) is 0 Å². The van der Waals surface area contributed by atoms with Crippen molar-refractivity contribution >= 4 is 21.7 Å². The number of carbonyl (C=O) groups is 2. The number of sulfone groups is 1. The van der Waals surface area contributed by atoms with Gasteiger partial charge in [0.15, 0.2) is 9.84 Å². The van der Waals surface area contributed by atoms with Crippen molar-refractivity contribution in [2.45, 2.75) is 56.2 Å². The Hall–Kier alpha value is -2.98. The van der Waals surface area contributed by atoms with Gasteiger partial charge in [-0.05, 0) is 51.3 Å². The molecule has 2 aromatic rings. The van der Waals surface area contributed by atoms with Crippen molar-refractivity contribution in [3.8, 4) is 0 Å². The van der Waals surface area contributed by atoms with E-state index in [4.69, 9.17) is 4.74 Å². The van der Waals surface area contributed by atoms with E-state index in [1.807, 2.05) is 31.2 Å². The second kappa shape index (κ2) is 9.48. The lowest BCUT2D eigenvalue weighted by Crippen LogP contribution is -2.53. The van der Waals surface area contributed by atoms with Crippen LogP contribution in [-0.2, 0) is 27.7 Å². The Morgan fingerprint density at radius 2 is 1.75 bits per heavy atom. The first-order valence-electron chi connectivity index (χ1n) is 12.0. The SMILES string of the molecule is COCC(C)(C)S(=O)(=O)C1(CN2CCn3c(ccc(C(=O)NCc4ccc(C)cc4)c3=O)C2=O)CC1. The highest BCUT2D eigenvalue weighted by Crippen LogP contribution is 2.49. The molecule has 1 N–H and O–H groups in total. The molecule has 2 heterocycles. The van der Waals surface area contributed by atoms with Crippen molar-refractivity contribution in [2.75, 3.05) is 26.8 Å². The Labute approximate surface area is 211 Å². The molecule has 4 rings (SSSR count). The fourth-order valence-corrected chi connectivity index (χ4v) is 7.20. The van der Waals surface area contributed by atoms with Crippen LogP contribution < -0.4 is 10.9 Å². The van der Waals surface area contributed by atoms with Crippen molar-refractivity contribution in [1.29, 1.82) is 0 Å². The summed E-state index contributed by atoms with van der Waals surface area (Å²) < 4.78 is 31.1. The van der Waals surface area contributed by atoms with E-state index in [1.165, 1.54) is 28.7 Å². The van der Waals surface area contributed by atoms with Crippen LogP contribution in [0.25, 0.3) is 0 Å². The summed E-state index contributed by atoms with van der Waals surface area (Å²) >= 11 is 0. The number of pyridine rings is 1. The molecule has 2 amide bonds.